The summed E-state index contributed by atoms with van der Waals surface area (Å²) in [6.07, 6.45) is 0. The molecule has 0 aromatic carbocycles. The van der Waals surface area contributed by atoms with Crippen LogP contribution >= 0.6 is 63.7 Å². The van der Waals surface area contributed by atoms with Gasteiger partial charge < -0.3 is 0 Å². The molecule has 43 valence electrons. The number of rotatable bonds is 1. The topological polar surface area (TPSA) is 0 Å². The van der Waals surface area contributed by atoms with Crippen LogP contribution in [0.3, 0.4) is 0 Å². The zero-order chi connectivity index (χ0) is 6.08. The molecule has 0 spiro atoms. The zero-order valence-electron chi connectivity index (χ0n) is 3.30. The van der Waals surface area contributed by atoms with E-state index >= 15 is 0 Å². The van der Waals surface area contributed by atoms with Crippen molar-refractivity contribution in [3.63, 3.8) is 0 Å². The molecule has 1 radical (unpaired) electrons. The molecule has 0 aromatic heterocycles. The third-order valence-corrected chi connectivity index (χ3v) is 5.26. The Labute approximate surface area is 76.9 Å². The van der Waals surface area contributed by atoms with Crippen molar-refractivity contribution in [2.75, 3.05) is 0 Å². The molecule has 0 fully saturated rings. The van der Waals surface area contributed by atoms with E-state index in [1.165, 1.54) is 0 Å². The fourth-order valence-corrected chi connectivity index (χ4v) is 0. The van der Waals surface area contributed by atoms with Gasteiger partial charge in [-0.05, 0) is 6.92 Å². The molecule has 0 atom stereocenters. The van der Waals surface area contributed by atoms with Crippen molar-refractivity contribution < 1.29 is 0 Å². The quantitative estimate of drug-likeness (QED) is 0.630. The van der Waals surface area contributed by atoms with E-state index in [4.69, 9.17) is 0 Å². The Kier molecular flexibility index (Phi) is 4.05. The molecule has 0 bridgehead atoms. The Morgan fingerprint density at radius 2 is 1.43 bits per heavy atom. The van der Waals surface area contributed by atoms with Crippen LogP contribution in [0.2, 0.25) is 0 Å². The highest BCUT2D eigenvalue weighted by Crippen LogP contribution is 2.36. The molecule has 0 aliphatic carbocycles. The first-order valence-electron chi connectivity index (χ1n) is 1.46. The first-order valence-corrected chi connectivity index (χ1v) is 4.87. The second-order valence-corrected chi connectivity index (χ2v) is 8.02. The van der Waals surface area contributed by atoms with Gasteiger partial charge in [0.1, 0.15) is 3.23 Å². The predicted octanol–water partition coefficient (Wildman–Crippen LogP) is 3.42. The van der Waals surface area contributed by atoms with Crippen molar-refractivity contribution in [2.45, 2.75) is 6.97 Å². The largest absolute Gasteiger partial charge is 0.103 e. The molecule has 0 nitrogen and oxygen atoms in total. The maximum atomic E-state index is 3.71. The van der Waals surface area contributed by atoms with Crippen LogP contribution in [-0.4, -0.2) is 6.97 Å². The van der Waals surface area contributed by atoms with Crippen molar-refractivity contribution in [2.24, 2.45) is 0 Å². The number of hydrogen-bond acceptors (Lipinski definition) is 0. The third-order valence-electron chi connectivity index (χ3n) is 0.319. The number of halogens is 4. The molecule has 0 amide bonds. The van der Waals surface area contributed by atoms with E-state index in [1.807, 2.05) is 0 Å². The molecule has 0 N–H and O–H groups in total. The smallest absolute Gasteiger partial charge is 0.0740 e. The lowest BCUT2D eigenvalue weighted by Crippen LogP contribution is -2.13. The Morgan fingerprint density at radius 1 is 1.29 bits per heavy atom. The third kappa shape index (κ3) is 4.43. The van der Waals surface area contributed by atoms with E-state index < -0.39 is 0 Å². The van der Waals surface area contributed by atoms with Gasteiger partial charge in [0.25, 0.3) is 0 Å². The van der Waals surface area contributed by atoms with Crippen molar-refractivity contribution >= 4 is 63.7 Å². The summed E-state index contributed by atoms with van der Waals surface area (Å²) in [7, 11) is 0. The van der Waals surface area contributed by atoms with Gasteiger partial charge in [0, 0.05) is 0 Å². The summed E-state index contributed by atoms with van der Waals surface area (Å²) in [5.41, 5.74) is 0. The lowest BCUT2D eigenvalue weighted by Gasteiger charge is -2.13. The Balaban J connectivity index is 3.54. The van der Waals surface area contributed by atoms with Crippen LogP contribution in [0.5, 0.6) is 0 Å². The summed E-state index contributed by atoms with van der Waals surface area (Å²) in [5.74, 6) is 0. The molecule has 0 aromatic rings. The molecule has 0 aliphatic heterocycles. The van der Waals surface area contributed by atoms with Gasteiger partial charge in [-0.2, -0.15) is 0 Å². The fraction of sp³-hybridized carbons (Fsp3) is 0.667. The number of hydrogen-bond donors (Lipinski definition) is 0. The SMILES string of the molecule is [CH2]C(Br)(Br)C(Br)Br. The van der Waals surface area contributed by atoms with E-state index in [0.717, 1.165) is 0 Å². The van der Waals surface area contributed by atoms with Crippen LogP contribution in [-0.2, 0) is 0 Å². The van der Waals surface area contributed by atoms with E-state index in [-0.39, 0.29) is 6.97 Å². The standard InChI is InChI=1S/C3H3Br4/c1-3(6,7)2(4)5/h2H,1H2. The van der Waals surface area contributed by atoms with Gasteiger partial charge in [-0.15, -0.1) is 0 Å². The first kappa shape index (κ1) is 8.92. The van der Waals surface area contributed by atoms with Crippen molar-refractivity contribution in [1.82, 2.24) is 0 Å². The molecule has 4 heteroatoms. The van der Waals surface area contributed by atoms with Crippen molar-refractivity contribution in [3.05, 3.63) is 6.92 Å². The Bertz CT molecular complexity index is 52.4. The van der Waals surface area contributed by atoms with Crippen LogP contribution in [0, 0.1) is 6.92 Å². The van der Waals surface area contributed by atoms with Crippen molar-refractivity contribution in [1.29, 1.82) is 0 Å². The van der Waals surface area contributed by atoms with Gasteiger partial charge in [-0.1, -0.05) is 63.7 Å². The molecule has 0 heterocycles. The van der Waals surface area contributed by atoms with E-state index in [0.29, 0.717) is 0 Å². The average Bonchev–Trinajstić information content (AvgIpc) is 1.31. The monoisotopic (exact) mass is 355 g/mol. The lowest BCUT2D eigenvalue weighted by molar-refractivity contribution is 1.20. The van der Waals surface area contributed by atoms with Gasteiger partial charge in [-0.3, -0.25) is 0 Å². The van der Waals surface area contributed by atoms with Crippen LogP contribution in [0.1, 0.15) is 0 Å². The zero-order valence-corrected chi connectivity index (χ0v) is 9.64. The van der Waals surface area contributed by atoms with Crippen LogP contribution < -0.4 is 0 Å². The van der Waals surface area contributed by atoms with Crippen LogP contribution in [0.15, 0.2) is 0 Å². The van der Waals surface area contributed by atoms with Crippen LogP contribution in [0.4, 0.5) is 0 Å². The Morgan fingerprint density at radius 3 is 1.43 bits per heavy atom. The number of alkyl halides is 4. The second-order valence-electron chi connectivity index (χ2n) is 1.06. The average molecular weight is 359 g/mol. The van der Waals surface area contributed by atoms with Gasteiger partial charge in [0.2, 0.25) is 0 Å². The molecule has 0 saturated carbocycles. The molecule has 7 heavy (non-hydrogen) atoms. The molecular formula is C3H3Br4. The van der Waals surface area contributed by atoms with E-state index in [2.05, 4.69) is 70.6 Å². The summed E-state index contributed by atoms with van der Waals surface area (Å²) in [6, 6.07) is 0. The summed E-state index contributed by atoms with van der Waals surface area (Å²) in [5, 5.41) is 0. The van der Waals surface area contributed by atoms with E-state index in [9.17, 15) is 0 Å². The molecular weight excluding hydrogens is 356 g/mol. The molecule has 0 unspecified atom stereocenters. The van der Waals surface area contributed by atoms with Gasteiger partial charge in [-0.25, -0.2) is 0 Å². The highest BCUT2D eigenvalue weighted by molar-refractivity contribution is 9.30. The maximum Gasteiger partial charge on any atom is 0.103 e. The highest BCUT2D eigenvalue weighted by Gasteiger charge is 2.22. The summed E-state index contributed by atoms with van der Waals surface area (Å²) in [4.78, 5) is 0. The minimum atomic E-state index is -0.292. The van der Waals surface area contributed by atoms with E-state index in [1.54, 1.807) is 0 Å². The summed E-state index contributed by atoms with van der Waals surface area (Å²) >= 11 is 13.0. The summed E-state index contributed by atoms with van der Waals surface area (Å²) in [6.45, 7) is 3.71. The van der Waals surface area contributed by atoms with Gasteiger partial charge in [0.05, 0.1) is 3.74 Å². The molecule has 0 rings (SSSR count). The van der Waals surface area contributed by atoms with Gasteiger partial charge >= 0.3 is 0 Å². The minimum absolute atomic E-state index is 0.146. The second kappa shape index (κ2) is 3.18. The molecule has 0 saturated heterocycles. The summed E-state index contributed by atoms with van der Waals surface area (Å²) < 4.78 is -0.146. The maximum absolute atomic E-state index is 3.71. The predicted molar refractivity (Wildman–Crippen MR) is 47.6 cm³/mol. The lowest BCUT2D eigenvalue weighted by atomic mass is 10.6. The minimum Gasteiger partial charge on any atom is -0.0740 e. The fourth-order valence-electron chi connectivity index (χ4n) is 0. The van der Waals surface area contributed by atoms with Crippen molar-refractivity contribution in [3.8, 4) is 0 Å². The molecule has 0 aliphatic rings. The van der Waals surface area contributed by atoms with Crippen LogP contribution in [0.25, 0.3) is 0 Å². The Hall–Kier alpha value is 1.92. The highest BCUT2D eigenvalue weighted by atomic mass is 79.9. The normalized spacial score (nSPS) is 12.9. The first-order chi connectivity index (χ1) is 2.94. The van der Waals surface area contributed by atoms with Gasteiger partial charge in [0.15, 0.2) is 0 Å².